The third-order valence-electron chi connectivity index (χ3n) is 4.37. The molecule has 0 aliphatic carbocycles. The Hall–Kier alpha value is -2.74. The van der Waals surface area contributed by atoms with E-state index in [9.17, 15) is 13.2 Å². The Labute approximate surface area is 191 Å². The van der Waals surface area contributed by atoms with Crippen molar-refractivity contribution in [2.45, 2.75) is 18.7 Å². The average Bonchev–Trinajstić information content (AvgIpc) is 2.71. The highest BCUT2D eigenvalue weighted by atomic mass is 35.5. The van der Waals surface area contributed by atoms with Gasteiger partial charge in [0.25, 0.3) is 15.9 Å². The first-order chi connectivity index (χ1) is 14.6. The Bertz CT molecular complexity index is 1210. The summed E-state index contributed by atoms with van der Waals surface area (Å²) in [6.45, 7) is 3.34. The standard InChI is InChI=1S/C22H20Cl2N2O4S/c1-14-3-6-18(12-20(14)24)25-22(27)13-30-21-10-9-19(11-15(21)2)31(28,29)26-17-7-4-16(23)5-8-17/h3-12,26H,13H2,1-2H3,(H,25,27). The monoisotopic (exact) mass is 478 g/mol. The molecule has 9 heteroatoms. The highest BCUT2D eigenvalue weighted by molar-refractivity contribution is 7.92. The molecule has 0 aliphatic heterocycles. The maximum absolute atomic E-state index is 12.6. The second-order valence-electron chi connectivity index (χ2n) is 6.84. The number of hydrogen-bond acceptors (Lipinski definition) is 4. The van der Waals surface area contributed by atoms with E-state index in [-0.39, 0.29) is 17.4 Å². The molecule has 2 N–H and O–H groups in total. The maximum Gasteiger partial charge on any atom is 0.262 e. The smallest absolute Gasteiger partial charge is 0.262 e. The van der Waals surface area contributed by atoms with Crippen molar-refractivity contribution in [1.82, 2.24) is 0 Å². The summed E-state index contributed by atoms with van der Waals surface area (Å²) < 4.78 is 33.3. The topological polar surface area (TPSA) is 84.5 Å². The van der Waals surface area contributed by atoms with Crippen molar-refractivity contribution in [2.24, 2.45) is 0 Å². The van der Waals surface area contributed by atoms with Crippen molar-refractivity contribution in [3.63, 3.8) is 0 Å². The molecule has 6 nitrogen and oxygen atoms in total. The fourth-order valence-corrected chi connectivity index (χ4v) is 4.14. The molecule has 0 unspecified atom stereocenters. The van der Waals surface area contributed by atoms with Gasteiger partial charge in [0.15, 0.2) is 6.61 Å². The number of carbonyl (C=O) groups excluding carboxylic acids is 1. The van der Waals surface area contributed by atoms with E-state index in [1.54, 1.807) is 49.4 Å². The number of halogens is 2. The number of ether oxygens (including phenoxy) is 1. The van der Waals surface area contributed by atoms with Crippen LogP contribution in [0.15, 0.2) is 65.6 Å². The predicted octanol–water partition coefficient (Wildman–Crippen LogP) is 5.43. The molecule has 0 aromatic heterocycles. The lowest BCUT2D eigenvalue weighted by atomic mass is 10.2. The number of amides is 1. The zero-order valence-electron chi connectivity index (χ0n) is 16.8. The van der Waals surface area contributed by atoms with Crippen LogP contribution in [0, 0.1) is 13.8 Å². The fraction of sp³-hybridized carbons (Fsp3) is 0.136. The number of aryl methyl sites for hydroxylation is 2. The molecule has 0 bridgehead atoms. The van der Waals surface area contributed by atoms with Crippen molar-refractivity contribution in [3.05, 3.63) is 81.8 Å². The van der Waals surface area contributed by atoms with Crippen molar-refractivity contribution >= 4 is 50.5 Å². The second-order valence-corrected chi connectivity index (χ2v) is 9.37. The van der Waals surface area contributed by atoms with Gasteiger partial charge in [0, 0.05) is 21.4 Å². The number of benzene rings is 3. The quantitative estimate of drug-likeness (QED) is 0.474. The van der Waals surface area contributed by atoms with Crippen LogP contribution in [-0.2, 0) is 14.8 Å². The van der Waals surface area contributed by atoms with Gasteiger partial charge in [0.2, 0.25) is 0 Å². The van der Waals surface area contributed by atoms with E-state index in [1.807, 2.05) is 6.92 Å². The molecule has 162 valence electrons. The van der Waals surface area contributed by atoms with Gasteiger partial charge in [-0.3, -0.25) is 9.52 Å². The molecule has 0 aliphatic rings. The summed E-state index contributed by atoms with van der Waals surface area (Å²) in [5.41, 5.74) is 2.45. The Morgan fingerprint density at radius 1 is 0.903 bits per heavy atom. The Balaban J connectivity index is 1.64. The molecule has 31 heavy (non-hydrogen) atoms. The first-order valence-corrected chi connectivity index (χ1v) is 11.5. The molecule has 0 spiro atoms. The molecule has 0 heterocycles. The normalized spacial score (nSPS) is 11.1. The minimum absolute atomic E-state index is 0.0750. The first-order valence-electron chi connectivity index (χ1n) is 9.22. The number of nitrogens with one attached hydrogen (secondary N) is 2. The fourth-order valence-electron chi connectivity index (χ4n) is 2.69. The van der Waals surface area contributed by atoms with Gasteiger partial charge < -0.3 is 10.1 Å². The SMILES string of the molecule is Cc1ccc(NC(=O)COc2ccc(S(=O)(=O)Nc3ccc(Cl)cc3)cc2C)cc1Cl. The number of anilines is 2. The molecule has 3 aromatic carbocycles. The van der Waals surface area contributed by atoms with Crippen LogP contribution in [0.5, 0.6) is 5.75 Å². The number of hydrogen-bond donors (Lipinski definition) is 2. The van der Waals surface area contributed by atoms with Gasteiger partial charge in [-0.05, 0) is 79.6 Å². The summed E-state index contributed by atoms with van der Waals surface area (Å²) in [5, 5.41) is 3.77. The van der Waals surface area contributed by atoms with E-state index in [0.717, 1.165) is 5.56 Å². The predicted molar refractivity (Wildman–Crippen MR) is 124 cm³/mol. The summed E-state index contributed by atoms with van der Waals surface area (Å²) in [4.78, 5) is 12.2. The highest BCUT2D eigenvalue weighted by Crippen LogP contribution is 2.24. The molecule has 3 rings (SSSR count). The van der Waals surface area contributed by atoms with E-state index < -0.39 is 10.0 Å². The van der Waals surface area contributed by atoms with Gasteiger partial charge in [-0.2, -0.15) is 0 Å². The van der Waals surface area contributed by atoms with Crippen LogP contribution in [0.2, 0.25) is 10.0 Å². The van der Waals surface area contributed by atoms with Gasteiger partial charge in [-0.1, -0.05) is 29.3 Å². The van der Waals surface area contributed by atoms with Crippen LogP contribution in [0.4, 0.5) is 11.4 Å². The molecule has 0 saturated carbocycles. The van der Waals surface area contributed by atoms with E-state index in [2.05, 4.69) is 10.0 Å². The van der Waals surface area contributed by atoms with E-state index in [1.165, 1.54) is 18.2 Å². The summed E-state index contributed by atoms with van der Waals surface area (Å²) in [5.74, 6) is 0.0444. The molecular formula is C22H20Cl2N2O4S. The maximum atomic E-state index is 12.6. The molecule has 1 amide bonds. The van der Waals surface area contributed by atoms with Gasteiger partial charge in [0.1, 0.15) is 5.75 Å². The lowest BCUT2D eigenvalue weighted by Gasteiger charge is -2.13. The highest BCUT2D eigenvalue weighted by Gasteiger charge is 2.16. The Morgan fingerprint density at radius 3 is 2.23 bits per heavy atom. The van der Waals surface area contributed by atoms with Gasteiger partial charge >= 0.3 is 0 Å². The van der Waals surface area contributed by atoms with Crippen molar-refractivity contribution < 1.29 is 17.9 Å². The van der Waals surface area contributed by atoms with Crippen LogP contribution in [0.1, 0.15) is 11.1 Å². The van der Waals surface area contributed by atoms with E-state index in [0.29, 0.717) is 32.7 Å². The summed E-state index contributed by atoms with van der Waals surface area (Å²) in [6.07, 6.45) is 0. The van der Waals surface area contributed by atoms with Gasteiger partial charge in [0.05, 0.1) is 4.90 Å². The van der Waals surface area contributed by atoms with Crippen molar-refractivity contribution in [1.29, 1.82) is 0 Å². The minimum Gasteiger partial charge on any atom is -0.483 e. The number of carbonyl (C=O) groups is 1. The lowest BCUT2D eigenvalue weighted by Crippen LogP contribution is -2.20. The average molecular weight is 479 g/mol. The molecule has 0 atom stereocenters. The number of sulfonamides is 1. The summed E-state index contributed by atoms with van der Waals surface area (Å²) >= 11 is 11.9. The third kappa shape index (κ3) is 6.13. The largest absolute Gasteiger partial charge is 0.483 e. The van der Waals surface area contributed by atoms with E-state index in [4.69, 9.17) is 27.9 Å². The van der Waals surface area contributed by atoms with E-state index >= 15 is 0 Å². The van der Waals surface area contributed by atoms with Crippen molar-refractivity contribution in [3.8, 4) is 5.75 Å². The molecule has 0 fully saturated rings. The molecular weight excluding hydrogens is 459 g/mol. The van der Waals surface area contributed by atoms with Gasteiger partial charge in [-0.25, -0.2) is 8.42 Å². The zero-order chi connectivity index (χ0) is 22.6. The summed E-state index contributed by atoms with van der Waals surface area (Å²) in [6, 6.07) is 16.0. The second kappa shape index (κ2) is 9.60. The Kier molecular flexibility index (Phi) is 7.10. The third-order valence-corrected chi connectivity index (χ3v) is 6.41. The van der Waals surface area contributed by atoms with Crippen molar-refractivity contribution in [2.75, 3.05) is 16.6 Å². The van der Waals surface area contributed by atoms with Crippen LogP contribution in [0.3, 0.4) is 0 Å². The number of rotatable bonds is 7. The lowest BCUT2D eigenvalue weighted by molar-refractivity contribution is -0.118. The van der Waals surface area contributed by atoms with Crippen LogP contribution >= 0.6 is 23.2 Å². The Morgan fingerprint density at radius 2 is 1.58 bits per heavy atom. The van der Waals surface area contributed by atoms with Crippen LogP contribution in [0.25, 0.3) is 0 Å². The molecule has 0 saturated heterocycles. The van der Waals surface area contributed by atoms with Crippen LogP contribution in [-0.4, -0.2) is 20.9 Å². The van der Waals surface area contributed by atoms with Gasteiger partial charge in [-0.15, -0.1) is 0 Å². The van der Waals surface area contributed by atoms with Crippen LogP contribution < -0.4 is 14.8 Å². The molecule has 0 radical (unpaired) electrons. The minimum atomic E-state index is -3.79. The molecule has 3 aromatic rings. The first kappa shape index (κ1) is 22.9. The summed E-state index contributed by atoms with van der Waals surface area (Å²) in [7, 11) is -3.79. The zero-order valence-corrected chi connectivity index (χ0v) is 19.1.